The number of hydrogen-bond donors (Lipinski definition) is 6. The number of halogens is 3. The maximum atomic E-state index is 13.1. The van der Waals surface area contributed by atoms with Crippen LogP contribution in [0.3, 0.4) is 0 Å². The Morgan fingerprint density at radius 2 is 1.00 bits per heavy atom. The van der Waals surface area contributed by atoms with Crippen LogP contribution in [0, 0.1) is 10.7 Å². The number of amides is 2. The van der Waals surface area contributed by atoms with Gasteiger partial charge in [0.2, 0.25) is 0 Å². The van der Waals surface area contributed by atoms with Crippen LogP contribution < -0.4 is 15.4 Å². The first-order chi connectivity index (χ1) is 20.2. The van der Waals surface area contributed by atoms with Gasteiger partial charge in [-0.05, 0) is 74.2 Å². The SMILES string of the molecule is CCCCCCCCCCCCCCCCOc1c(I)c(C(=O)NCC(O)CO)c(I)c(C(=O)NCC(O)CO)c1I. The van der Waals surface area contributed by atoms with E-state index in [-0.39, 0.29) is 24.2 Å². The van der Waals surface area contributed by atoms with Crippen LogP contribution in [0.2, 0.25) is 0 Å². The van der Waals surface area contributed by atoms with E-state index in [1.807, 2.05) is 67.8 Å². The Balaban J connectivity index is 2.71. The van der Waals surface area contributed by atoms with E-state index in [0.29, 0.717) is 23.1 Å². The lowest BCUT2D eigenvalue weighted by molar-refractivity contribution is 0.0797. The van der Waals surface area contributed by atoms with Gasteiger partial charge in [-0.15, -0.1) is 0 Å². The number of carbonyl (C=O) groups is 2. The number of ether oxygens (including phenoxy) is 1. The summed E-state index contributed by atoms with van der Waals surface area (Å²) in [4.78, 5) is 26.2. The minimum absolute atomic E-state index is 0.146. The molecule has 12 heteroatoms. The van der Waals surface area contributed by atoms with Crippen molar-refractivity contribution >= 4 is 79.6 Å². The Hall–Kier alpha value is -0.0100. The van der Waals surface area contributed by atoms with Crippen molar-refractivity contribution in [1.29, 1.82) is 0 Å². The Kier molecular flexibility index (Phi) is 23.1. The van der Waals surface area contributed by atoms with E-state index in [0.717, 1.165) is 19.3 Å². The van der Waals surface area contributed by atoms with E-state index in [9.17, 15) is 19.8 Å². The zero-order valence-corrected chi connectivity index (χ0v) is 31.2. The van der Waals surface area contributed by atoms with Crippen molar-refractivity contribution < 1.29 is 34.8 Å². The topological polar surface area (TPSA) is 148 Å². The van der Waals surface area contributed by atoms with E-state index in [1.54, 1.807) is 0 Å². The van der Waals surface area contributed by atoms with Gasteiger partial charge in [0.15, 0.2) is 0 Å². The molecule has 1 aromatic rings. The molecule has 0 aliphatic rings. The molecule has 2 amide bonds. The highest BCUT2D eigenvalue weighted by atomic mass is 127. The first kappa shape index (κ1) is 40.0. The second kappa shape index (κ2) is 24.3. The number of unbranched alkanes of at least 4 members (excludes halogenated alkanes) is 13. The molecule has 0 aliphatic heterocycles. The summed E-state index contributed by atoms with van der Waals surface area (Å²) in [7, 11) is 0. The van der Waals surface area contributed by atoms with Gasteiger partial charge in [0.1, 0.15) is 5.75 Å². The maximum Gasteiger partial charge on any atom is 0.253 e. The van der Waals surface area contributed by atoms with Gasteiger partial charge in [0.05, 0.1) is 50.3 Å². The minimum Gasteiger partial charge on any atom is -0.491 e. The molecule has 0 spiro atoms. The highest BCUT2D eigenvalue weighted by molar-refractivity contribution is 14.1. The summed E-state index contributed by atoms with van der Waals surface area (Å²) in [5.41, 5.74) is 0.483. The van der Waals surface area contributed by atoms with E-state index < -0.39 is 37.2 Å². The summed E-state index contributed by atoms with van der Waals surface area (Å²) < 4.78 is 7.65. The van der Waals surface area contributed by atoms with E-state index in [1.165, 1.54) is 70.6 Å². The monoisotopic (exact) mass is 930 g/mol. The highest BCUT2D eigenvalue weighted by Gasteiger charge is 2.29. The zero-order chi connectivity index (χ0) is 31.3. The van der Waals surface area contributed by atoms with Crippen LogP contribution in [0.4, 0.5) is 0 Å². The summed E-state index contributed by atoms with van der Waals surface area (Å²) in [5, 5.41) is 42.8. The van der Waals surface area contributed by atoms with Gasteiger partial charge >= 0.3 is 0 Å². The average molecular weight is 930 g/mol. The fourth-order valence-electron chi connectivity index (χ4n) is 4.36. The van der Waals surface area contributed by atoms with Crippen molar-refractivity contribution in [3.8, 4) is 5.75 Å². The van der Waals surface area contributed by atoms with Crippen LogP contribution in [-0.2, 0) is 0 Å². The quantitative estimate of drug-likeness (QED) is 0.0591. The molecule has 0 aromatic heterocycles. The van der Waals surface area contributed by atoms with Gasteiger partial charge in [0, 0.05) is 16.7 Å². The van der Waals surface area contributed by atoms with Gasteiger partial charge in [-0.1, -0.05) is 90.4 Å². The van der Waals surface area contributed by atoms with Crippen molar-refractivity contribution in [2.24, 2.45) is 0 Å². The molecule has 2 unspecified atom stereocenters. The molecule has 0 saturated carbocycles. The van der Waals surface area contributed by atoms with E-state index in [4.69, 9.17) is 14.9 Å². The van der Waals surface area contributed by atoms with Crippen LogP contribution in [-0.4, -0.2) is 77.4 Å². The maximum absolute atomic E-state index is 13.1. The second-order valence-corrected chi connectivity index (χ2v) is 13.8. The number of rotatable bonds is 24. The molecule has 242 valence electrons. The van der Waals surface area contributed by atoms with Crippen LogP contribution >= 0.6 is 67.8 Å². The van der Waals surface area contributed by atoms with Crippen LogP contribution in [0.25, 0.3) is 0 Å². The molecule has 1 rings (SSSR count). The van der Waals surface area contributed by atoms with Crippen LogP contribution in [0.1, 0.15) is 118 Å². The highest BCUT2D eigenvalue weighted by Crippen LogP contribution is 2.37. The Morgan fingerprint density at radius 1 is 0.643 bits per heavy atom. The largest absolute Gasteiger partial charge is 0.491 e. The van der Waals surface area contributed by atoms with Crippen molar-refractivity contribution in [1.82, 2.24) is 10.6 Å². The van der Waals surface area contributed by atoms with Gasteiger partial charge in [-0.25, -0.2) is 0 Å². The number of nitrogens with one attached hydrogen (secondary N) is 2. The first-order valence-corrected chi connectivity index (χ1v) is 18.4. The minimum atomic E-state index is -1.10. The number of hydrogen-bond acceptors (Lipinski definition) is 7. The third kappa shape index (κ3) is 15.3. The summed E-state index contributed by atoms with van der Waals surface area (Å²) in [6.07, 6.45) is 15.4. The molecule has 0 heterocycles. The van der Waals surface area contributed by atoms with Gasteiger partial charge in [-0.3, -0.25) is 9.59 Å². The molecular formula is C30H49I3N2O7. The lowest BCUT2D eigenvalue weighted by atomic mass is 10.0. The summed E-state index contributed by atoms with van der Waals surface area (Å²) in [6.45, 7) is 1.42. The van der Waals surface area contributed by atoms with Gasteiger partial charge in [0.25, 0.3) is 11.8 Å². The molecule has 6 N–H and O–H groups in total. The molecule has 0 fully saturated rings. The smallest absolute Gasteiger partial charge is 0.253 e. The standard InChI is InChI=1S/C30H49I3N2O7/c1-2-3-4-5-6-7-8-9-10-11-12-13-14-15-16-42-28-26(32)23(29(40)34-17-21(38)19-36)25(31)24(27(28)33)30(41)35-18-22(39)20-37/h21-22,36-39H,2-20H2,1H3,(H,34,40)(H,35,41). The van der Waals surface area contributed by atoms with E-state index in [2.05, 4.69) is 17.6 Å². The Morgan fingerprint density at radius 3 is 1.36 bits per heavy atom. The summed E-state index contributed by atoms with van der Waals surface area (Å²) in [5.74, 6) is -0.566. The Bertz CT molecular complexity index is 884. The van der Waals surface area contributed by atoms with Crippen LogP contribution in [0.15, 0.2) is 0 Å². The molecule has 42 heavy (non-hydrogen) atoms. The molecule has 0 bridgehead atoms. The normalized spacial score (nSPS) is 12.7. The van der Waals surface area contributed by atoms with Gasteiger partial charge < -0.3 is 35.8 Å². The van der Waals surface area contributed by atoms with Crippen molar-refractivity contribution in [2.75, 3.05) is 32.9 Å². The number of aliphatic hydroxyl groups is 4. The van der Waals surface area contributed by atoms with Gasteiger partial charge in [-0.2, -0.15) is 0 Å². The zero-order valence-electron chi connectivity index (χ0n) is 24.7. The fourth-order valence-corrected chi connectivity index (χ4v) is 8.82. The first-order valence-electron chi connectivity index (χ1n) is 15.2. The average Bonchev–Trinajstić information content (AvgIpc) is 2.97. The molecule has 2 atom stereocenters. The van der Waals surface area contributed by atoms with Crippen molar-refractivity contribution in [3.63, 3.8) is 0 Å². The number of benzene rings is 1. The molecule has 9 nitrogen and oxygen atoms in total. The molecular weight excluding hydrogens is 881 g/mol. The predicted octanol–water partition coefficient (Wildman–Crippen LogP) is 5.53. The van der Waals surface area contributed by atoms with Crippen molar-refractivity contribution in [3.05, 3.63) is 21.8 Å². The van der Waals surface area contributed by atoms with Crippen LogP contribution in [0.5, 0.6) is 5.75 Å². The third-order valence-electron chi connectivity index (χ3n) is 6.89. The molecule has 1 aromatic carbocycles. The third-order valence-corrected chi connectivity index (χ3v) is 10.0. The Labute approximate surface area is 292 Å². The molecule has 0 radical (unpaired) electrons. The molecule has 0 aliphatic carbocycles. The van der Waals surface area contributed by atoms with E-state index >= 15 is 0 Å². The number of carbonyl (C=O) groups excluding carboxylic acids is 2. The lowest BCUT2D eigenvalue weighted by Crippen LogP contribution is -2.37. The second-order valence-electron chi connectivity index (χ2n) is 10.6. The summed E-state index contributed by atoms with van der Waals surface area (Å²) in [6, 6.07) is 0. The summed E-state index contributed by atoms with van der Waals surface area (Å²) >= 11 is 6.02. The predicted molar refractivity (Wildman–Crippen MR) is 191 cm³/mol. The molecule has 0 saturated heterocycles. The number of aliphatic hydroxyl groups excluding tert-OH is 4. The van der Waals surface area contributed by atoms with Crippen molar-refractivity contribution in [2.45, 2.75) is 109 Å². The lowest BCUT2D eigenvalue weighted by Gasteiger charge is -2.20. The fraction of sp³-hybridized carbons (Fsp3) is 0.733.